The van der Waals surface area contributed by atoms with Gasteiger partial charge in [-0.1, -0.05) is 32.0 Å². The van der Waals surface area contributed by atoms with Gasteiger partial charge in [0.05, 0.1) is 0 Å². The van der Waals surface area contributed by atoms with Gasteiger partial charge in [-0.05, 0) is 50.8 Å². The van der Waals surface area contributed by atoms with E-state index < -0.39 is 11.7 Å². The molecule has 0 bridgehead atoms. The van der Waals surface area contributed by atoms with E-state index in [4.69, 9.17) is 10.5 Å². The second-order valence-electron chi connectivity index (χ2n) is 7.13. The quantitative estimate of drug-likeness (QED) is 0.720. The van der Waals surface area contributed by atoms with Crippen molar-refractivity contribution in [2.45, 2.75) is 46.8 Å². The van der Waals surface area contributed by atoms with Crippen LogP contribution in [-0.2, 0) is 11.3 Å². The molecule has 5 nitrogen and oxygen atoms in total. The first-order chi connectivity index (χ1) is 10.7. The number of alkyl carbamates (subject to hydrolysis) is 1. The zero-order chi connectivity index (χ0) is 17.5. The molecule has 23 heavy (non-hydrogen) atoms. The summed E-state index contributed by atoms with van der Waals surface area (Å²) in [4.78, 5) is 11.8. The Balaban J connectivity index is 2.62. The second kappa shape index (κ2) is 8.77. The predicted molar refractivity (Wildman–Crippen MR) is 95.4 cm³/mol. The minimum absolute atomic E-state index is 0.408. The summed E-state index contributed by atoms with van der Waals surface area (Å²) in [7, 11) is 0. The van der Waals surface area contributed by atoms with Crippen molar-refractivity contribution in [3.05, 3.63) is 29.8 Å². The van der Waals surface area contributed by atoms with Gasteiger partial charge in [0.15, 0.2) is 0 Å². The van der Waals surface area contributed by atoms with Crippen LogP contribution in [0.5, 0.6) is 0 Å². The van der Waals surface area contributed by atoms with Crippen molar-refractivity contribution in [1.82, 2.24) is 5.32 Å². The Morgan fingerprint density at radius 3 is 2.48 bits per heavy atom. The van der Waals surface area contributed by atoms with E-state index in [0.717, 1.165) is 17.8 Å². The van der Waals surface area contributed by atoms with Gasteiger partial charge in [-0.25, -0.2) is 4.79 Å². The van der Waals surface area contributed by atoms with Crippen LogP contribution < -0.4 is 16.4 Å². The highest BCUT2D eigenvalue weighted by molar-refractivity contribution is 5.68. The van der Waals surface area contributed by atoms with Gasteiger partial charge in [0, 0.05) is 18.8 Å². The largest absolute Gasteiger partial charge is 0.444 e. The molecule has 0 aliphatic rings. The molecule has 0 spiro atoms. The fraction of sp³-hybridized carbons (Fsp3) is 0.611. The summed E-state index contributed by atoms with van der Waals surface area (Å²) in [5.74, 6) is 0.946. The SMILES string of the molecule is CC(C)C(CN)CNc1ccccc1CNC(=O)OC(C)(C)C. The van der Waals surface area contributed by atoms with Crippen LogP contribution in [0.2, 0.25) is 0 Å². The van der Waals surface area contributed by atoms with Gasteiger partial charge >= 0.3 is 6.09 Å². The molecule has 0 aromatic heterocycles. The molecular weight excluding hydrogens is 290 g/mol. The highest BCUT2D eigenvalue weighted by atomic mass is 16.6. The average molecular weight is 321 g/mol. The summed E-state index contributed by atoms with van der Waals surface area (Å²) >= 11 is 0. The van der Waals surface area contributed by atoms with E-state index in [1.165, 1.54) is 0 Å². The van der Waals surface area contributed by atoms with Crippen molar-refractivity contribution in [1.29, 1.82) is 0 Å². The molecule has 5 heteroatoms. The van der Waals surface area contributed by atoms with Crippen molar-refractivity contribution in [3.63, 3.8) is 0 Å². The highest BCUT2D eigenvalue weighted by Crippen LogP contribution is 2.17. The standard InChI is InChI=1S/C18H31N3O2/c1-13(2)15(10-19)12-20-16-9-7-6-8-14(16)11-21-17(22)23-18(3,4)5/h6-9,13,15,20H,10-12,19H2,1-5H3,(H,21,22). The van der Waals surface area contributed by atoms with Crippen molar-refractivity contribution in [3.8, 4) is 0 Å². The first-order valence-electron chi connectivity index (χ1n) is 8.21. The summed E-state index contributed by atoms with van der Waals surface area (Å²) in [5.41, 5.74) is 7.37. The number of anilines is 1. The Morgan fingerprint density at radius 1 is 1.26 bits per heavy atom. The van der Waals surface area contributed by atoms with Gasteiger partial charge in [0.1, 0.15) is 5.60 Å². The Labute approximate surface area is 140 Å². The zero-order valence-electron chi connectivity index (χ0n) is 15.0. The molecular formula is C18H31N3O2. The molecule has 0 fully saturated rings. The normalized spacial score (nSPS) is 12.8. The maximum absolute atomic E-state index is 11.8. The Bertz CT molecular complexity index is 495. The van der Waals surface area contributed by atoms with E-state index in [9.17, 15) is 4.79 Å². The third-order valence-electron chi connectivity index (χ3n) is 3.64. The topological polar surface area (TPSA) is 76.4 Å². The lowest BCUT2D eigenvalue weighted by Crippen LogP contribution is -2.32. The smallest absolute Gasteiger partial charge is 0.407 e. The molecule has 0 saturated carbocycles. The van der Waals surface area contributed by atoms with Crippen LogP contribution in [0.25, 0.3) is 0 Å². The average Bonchev–Trinajstić information content (AvgIpc) is 2.44. The van der Waals surface area contributed by atoms with Crippen molar-refractivity contribution >= 4 is 11.8 Å². The molecule has 0 aliphatic heterocycles. The van der Waals surface area contributed by atoms with Crippen molar-refractivity contribution in [2.24, 2.45) is 17.6 Å². The van der Waals surface area contributed by atoms with Gasteiger partial charge in [0.25, 0.3) is 0 Å². The number of para-hydroxylation sites is 1. The minimum atomic E-state index is -0.493. The van der Waals surface area contributed by atoms with Crippen LogP contribution in [0.3, 0.4) is 0 Å². The molecule has 1 unspecified atom stereocenters. The number of nitrogens with two attached hydrogens (primary N) is 1. The predicted octanol–water partition coefficient (Wildman–Crippen LogP) is 3.35. The minimum Gasteiger partial charge on any atom is -0.444 e. The third-order valence-corrected chi connectivity index (χ3v) is 3.64. The number of carbonyl (C=O) groups excluding carboxylic acids is 1. The third kappa shape index (κ3) is 7.37. The van der Waals surface area contributed by atoms with Crippen molar-refractivity contribution < 1.29 is 9.53 Å². The molecule has 1 atom stereocenters. The van der Waals surface area contributed by atoms with E-state index >= 15 is 0 Å². The number of ether oxygens (including phenoxy) is 1. The number of carbonyl (C=O) groups is 1. The van der Waals surface area contributed by atoms with Gasteiger partial charge in [0.2, 0.25) is 0 Å². The summed E-state index contributed by atoms with van der Waals surface area (Å²) in [6.07, 6.45) is -0.408. The molecule has 1 aromatic carbocycles. The summed E-state index contributed by atoms with van der Waals surface area (Å²) in [6, 6.07) is 7.94. The number of benzene rings is 1. The van der Waals surface area contributed by atoms with Gasteiger partial charge < -0.3 is 21.1 Å². The van der Waals surface area contributed by atoms with Gasteiger partial charge in [-0.2, -0.15) is 0 Å². The summed E-state index contributed by atoms with van der Waals surface area (Å²) in [6.45, 7) is 11.8. The van der Waals surface area contributed by atoms with Gasteiger partial charge in [-0.3, -0.25) is 0 Å². The number of amides is 1. The molecule has 0 aliphatic carbocycles. The van der Waals surface area contributed by atoms with E-state index in [0.29, 0.717) is 24.9 Å². The molecule has 1 amide bonds. The number of hydrogen-bond donors (Lipinski definition) is 3. The highest BCUT2D eigenvalue weighted by Gasteiger charge is 2.16. The van der Waals surface area contributed by atoms with E-state index in [2.05, 4.69) is 24.5 Å². The lowest BCUT2D eigenvalue weighted by molar-refractivity contribution is 0.0523. The van der Waals surface area contributed by atoms with Crippen LogP contribution in [0.4, 0.5) is 10.5 Å². The molecule has 0 saturated heterocycles. The van der Waals surface area contributed by atoms with Gasteiger partial charge in [-0.15, -0.1) is 0 Å². The molecule has 0 heterocycles. The molecule has 4 N–H and O–H groups in total. The molecule has 130 valence electrons. The maximum Gasteiger partial charge on any atom is 0.407 e. The monoisotopic (exact) mass is 321 g/mol. The summed E-state index contributed by atoms with van der Waals surface area (Å²) in [5, 5.41) is 6.24. The van der Waals surface area contributed by atoms with Crippen LogP contribution >= 0.6 is 0 Å². The maximum atomic E-state index is 11.8. The number of rotatable bonds is 7. The fourth-order valence-electron chi connectivity index (χ4n) is 2.16. The van der Waals surface area contributed by atoms with E-state index in [-0.39, 0.29) is 0 Å². The van der Waals surface area contributed by atoms with E-state index in [1.54, 1.807) is 0 Å². The van der Waals surface area contributed by atoms with Crippen molar-refractivity contribution in [2.75, 3.05) is 18.4 Å². The molecule has 0 radical (unpaired) electrons. The number of nitrogens with one attached hydrogen (secondary N) is 2. The van der Waals surface area contributed by atoms with Crippen LogP contribution in [-0.4, -0.2) is 24.8 Å². The molecule has 1 rings (SSSR count). The number of hydrogen-bond acceptors (Lipinski definition) is 4. The fourth-order valence-corrected chi connectivity index (χ4v) is 2.16. The van der Waals surface area contributed by atoms with Crippen LogP contribution in [0, 0.1) is 11.8 Å². The Morgan fingerprint density at radius 2 is 1.91 bits per heavy atom. The lowest BCUT2D eigenvalue weighted by atomic mass is 9.96. The Hall–Kier alpha value is -1.75. The summed E-state index contributed by atoms with van der Waals surface area (Å²) < 4.78 is 5.26. The lowest BCUT2D eigenvalue weighted by Gasteiger charge is -2.22. The van der Waals surface area contributed by atoms with E-state index in [1.807, 2.05) is 45.0 Å². The van der Waals surface area contributed by atoms with Crippen LogP contribution in [0.1, 0.15) is 40.2 Å². The zero-order valence-corrected chi connectivity index (χ0v) is 15.0. The first-order valence-corrected chi connectivity index (χ1v) is 8.21. The Kier molecular flexibility index (Phi) is 7.36. The first kappa shape index (κ1) is 19.3. The van der Waals surface area contributed by atoms with Crippen LogP contribution in [0.15, 0.2) is 24.3 Å². The molecule has 1 aromatic rings. The second-order valence-corrected chi connectivity index (χ2v) is 7.13.